The Labute approximate surface area is 98.8 Å². The SMILES string of the molecule is CCCCCSCC(O)COCCCC. The van der Waals surface area contributed by atoms with Crippen LogP contribution in [-0.2, 0) is 4.74 Å². The van der Waals surface area contributed by atoms with Crippen molar-refractivity contribution >= 4 is 11.8 Å². The van der Waals surface area contributed by atoms with Gasteiger partial charge in [-0.05, 0) is 18.6 Å². The second kappa shape index (κ2) is 12.3. The first-order chi connectivity index (χ1) is 7.31. The van der Waals surface area contributed by atoms with Crippen LogP contribution in [0.25, 0.3) is 0 Å². The number of thioether (sulfide) groups is 1. The second-order valence-corrected chi connectivity index (χ2v) is 5.01. The molecule has 0 saturated heterocycles. The summed E-state index contributed by atoms with van der Waals surface area (Å²) in [7, 11) is 0. The lowest BCUT2D eigenvalue weighted by molar-refractivity contribution is 0.0473. The maximum Gasteiger partial charge on any atom is 0.0863 e. The van der Waals surface area contributed by atoms with E-state index < -0.39 is 0 Å². The lowest BCUT2D eigenvalue weighted by Crippen LogP contribution is -2.18. The summed E-state index contributed by atoms with van der Waals surface area (Å²) in [6.45, 7) is 5.64. The van der Waals surface area contributed by atoms with Gasteiger partial charge >= 0.3 is 0 Å². The van der Waals surface area contributed by atoms with Gasteiger partial charge in [-0.1, -0.05) is 33.1 Å². The minimum atomic E-state index is -0.284. The zero-order valence-electron chi connectivity index (χ0n) is 10.2. The minimum Gasteiger partial charge on any atom is -0.390 e. The van der Waals surface area contributed by atoms with Gasteiger partial charge < -0.3 is 9.84 Å². The largest absolute Gasteiger partial charge is 0.390 e. The quantitative estimate of drug-likeness (QED) is 0.557. The van der Waals surface area contributed by atoms with Crippen molar-refractivity contribution < 1.29 is 9.84 Å². The van der Waals surface area contributed by atoms with Crippen molar-refractivity contribution in [2.45, 2.75) is 52.1 Å². The lowest BCUT2D eigenvalue weighted by Gasteiger charge is -2.10. The van der Waals surface area contributed by atoms with Crippen molar-refractivity contribution in [3.63, 3.8) is 0 Å². The summed E-state index contributed by atoms with van der Waals surface area (Å²) in [5.41, 5.74) is 0. The number of rotatable bonds is 11. The van der Waals surface area contributed by atoms with Crippen LogP contribution < -0.4 is 0 Å². The fraction of sp³-hybridized carbons (Fsp3) is 1.00. The predicted octanol–water partition coefficient (Wildman–Crippen LogP) is 3.09. The minimum absolute atomic E-state index is 0.284. The van der Waals surface area contributed by atoms with Crippen LogP contribution in [0.1, 0.15) is 46.0 Å². The molecule has 1 N–H and O–H groups in total. The average molecular weight is 234 g/mol. The molecule has 1 unspecified atom stereocenters. The fourth-order valence-corrected chi connectivity index (χ4v) is 2.13. The van der Waals surface area contributed by atoms with Gasteiger partial charge in [0.25, 0.3) is 0 Å². The van der Waals surface area contributed by atoms with Gasteiger partial charge in [0, 0.05) is 12.4 Å². The molecule has 0 radical (unpaired) electrons. The Balaban J connectivity index is 3.08. The smallest absolute Gasteiger partial charge is 0.0863 e. The van der Waals surface area contributed by atoms with Crippen molar-refractivity contribution in [2.75, 3.05) is 24.7 Å². The number of ether oxygens (including phenoxy) is 1. The molecule has 0 bridgehead atoms. The molecule has 0 aliphatic carbocycles. The molecule has 0 saturated carbocycles. The first-order valence-corrected chi connectivity index (χ1v) is 7.30. The highest BCUT2D eigenvalue weighted by atomic mass is 32.2. The monoisotopic (exact) mass is 234 g/mol. The molecule has 0 aromatic rings. The van der Waals surface area contributed by atoms with Gasteiger partial charge in [-0.2, -0.15) is 11.8 Å². The topological polar surface area (TPSA) is 29.5 Å². The molecule has 92 valence electrons. The van der Waals surface area contributed by atoms with E-state index in [9.17, 15) is 5.11 Å². The highest BCUT2D eigenvalue weighted by molar-refractivity contribution is 7.99. The Hall–Kier alpha value is 0.270. The average Bonchev–Trinajstić information content (AvgIpc) is 2.24. The summed E-state index contributed by atoms with van der Waals surface area (Å²) < 4.78 is 5.35. The molecule has 0 aliphatic rings. The van der Waals surface area contributed by atoms with Crippen LogP contribution in [0.3, 0.4) is 0 Å². The number of aliphatic hydroxyl groups excluding tert-OH is 1. The number of aliphatic hydroxyl groups is 1. The summed E-state index contributed by atoms with van der Waals surface area (Å²) >= 11 is 1.84. The van der Waals surface area contributed by atoms with Crippen LogP contribution in [0.15, 0.2) is 0 Å². The van der Waals surface area contributed by atoms with Crippen LogP contribution in [-0.4, -0.2) is 35.9 Å². The van der Waals surface area contributed by atoms with Crippen LogP contribution >= 0.6 is 11.8 Å². The molecule has 0 fully saturated rings. The van der Waals surface area contributed by atoms with Gasteiger partial charge in [0.1, 0.15) is 0 Å². The maximum absolute atomic E-state index is 9.56. The third kappa shape index (κ3) is 12.2. The van der Waals surface area contributed by atoms with Crippen LogP contribution in [0, 0.1) is 0 Å². The Morgan fingerprint density at radius 1 is 1.13 bits per heavy atom. The van der Waals surface area contributed by atoms with Gasteiger partial charge in [-0.3, -0.25) is 0 Å². The Bertz CT molecular complexity index is 120. The van der Waals surface area contributed by atoms with Crippen molar-refractivity contribution in [2.24, 2.45) is 0 Å². The van der Waals surface area contributed by atoms with Crippen LogP contribution in [0.5, 0.6) is 0 Å². The van der Waals surface area contributed by atoms with Crippen molar-refractivity contribution in [1.29, 1.82) is 0 Å². The van der Waals surface area contributed by atoms with E-state index in [1.807, 2.05) is 11.8 Å². The van der Waals surface area contributed by atoms with E-state index in [1.165, 1.54) is 25.0 Å². The Morgan fingerprint density at radius 3 is 2.53 bits per heavy atom. The summed E-state index contributed by atoms with van der Waals surface area (Å²) in [5, 5.41) is 9.56. The van der Waals surface area contributed by atoms with E-state index in [0.29, 0.717) is 6.61 Å². The van der Waals surface area contributed by atoms with Gasteiger partial charge in [0.05, 0.1) is 12.7 Å². The summed E-state index contributed by atoms with van der Waals surface area (Å²) in [6.07, 6.45) is 5.80. The van der Waals surface area contributed by atoms with Crippen LogP contribution in [0.2, 0.25) is 0 Å². The van der Waals surface area contributed by atoms with Gasteiger partial charge in [-0.15, -0.1) is 0 Å². The third-order valence-electron chi connectivity index (χ3n) is 2.15. The number of hydrogen-bond acceptors (Lipinski definition) is 3. The molecule has 1 atom stereocenters. The first kappa shape index (κ1) is 15.3. The highest BCUT2D eigenvalue weighted by Gasteiger charge is 2.03. The normalized spacial score (nSPS) is 13.0. The van der Waals surface area contributed by atoms with E-state index >= 15 is 0 Å². The zero-order chi connectivity index (χ0) is 11.4. The lowest BCUT2D eigenvalue weighted by atomic mass is 10.3. The first-order valence-electron chi connectivity index (χ1n) is 6.14. The Morgan fingerprint density at radius 2 is 1.87 bits per heavy atom. The van der Waals surface area contributed by atoms with Gasteiger partial charge in [0.15, 0.2) is 0 Å². The molecule has 2 nitrogen and oxygen atoms in total. The molecule has 0 aromatic heterocycles. The molecule has 0 amide bonds. The van der Waals surface area contributed by atoms with E-state index in [0.717, 1.165) is 25.2 Å². The highest BCUT2D eigenvalue weighted by Crippen LogP contribution is 2.08. The summed E-state index contributed by atoms with van der Waals surface area (Å²) in [6, 6.07) is 0. The molecule has 3 heteroatoms. The van der Waals surface area contributed by atoms with E-state index in [2.05, 4.69) is 13.8 Å². The van der Waals surface area contributed by atoms with Gasteiger partial charge in [-0.25, -0.2) is 0 Å². The maximum atomic E-state index is 9.56. The molecule has 0 heterocycles. The van der Waals surface area contributed by atoms with Crippen LogP contribution in [0.4, 0.5) is 0 Å². The standard InChI is InChI=1S/C12H26O2S/c1-3-5-7-9-15-11-12(13)10-14-8-6-4-2/h12-13H,3-11H2,1-2H3. The molecular weight excluding hydrogens is 208 g/mol. The summed E-state index contributed by atoms with van der Waals surface area (Å²) in [4.78, 5) is 0. The van der Waals surface area contributed by atoms with E-state index in [4.69, 9.17) is 4.74 Å². The third-order valence-corrected chi connectivity index (χ3v) is 3.35. The van der Waals surface area contributed by atoms with Crippen molar-refractivity contribution in [1.82, 2.24) is 0 Å². The molecule has 0 aliphatic heterocycles. The zero-order valence-corrected chi connectivity index (χ0v) is 11.0. The Kier molecular flexibility index (Phi) is 12.6. The fourth-order valence-electron chi connectivity index (χ4n) is 1.19. The van der Waals surface area contributed by atoms with Crippen molar-refractivity contribution in [3.8, 4) is 0 Å². The number of unbranched alkanes of at least 4 members (excludes halogenated alkanes) is 3. The molecule has 0 spiro atoms. The molecular formula is C12H26O2S. The number of hydrogen-bond donors (Lipinski definition) is 1. The summed E-state index contributed by atoms with van der Waals surface area (Å²) in [5.74, 6) is 1.98. The molecule has 0 rings (SSSR count). The van der Waals surface area contributed by atoms with E-state index in [1.54, 1.807) is 0 Å². The van der Waals surface area contributed by atoms with E-state index in [-0.39, 0.29) is 6.10 Å². The second-order valence-electron chi connectivity index (χ2n) is 3.86. The molecule has 15 heavy (non-hydrogen) atoms. The molecule has 0 aromatic carbocycles. The van der Waals surface area contributed by atoms with Gasteiger partial charge in [0.2, 0.25) is 0 Å². The predicted molar refractivity (Wildman–Crippen MR) is 68.6 cm³/mol. The van der Waals surface area contributed by atoms with Crippen molar-refractivity contribution in [3.05, 3.63) is 0 Å².